The van der Waals surface area contributed by atoms with E-state index in [4.69, 9.17) is 23.7 Å². The topological polar surface area (TPSA) is 92.3 Å². The van der Waals surface area contributed by atoms with Crippen LogP contribution in [-0.2, 0) is 4.74 Å². The number of rotatable bonds is 30. The molecule has 0 aliphatic carbocycles. The molecule has 0 aliphatic rings. The number of ether oxygens (including phenoxy) is 5. The molecule has 2 aromatic carbocycles. The number of para-hydroxylation sites is 1. The highest BCUT2D eigenvalue weighted by molar-refractivity contribution is 5.95. The average Bonchev–Trinajstić information content (AvgIpc) is 3.09. The molecule has 0 saturated heterocycles. The van der Waals surface area contributed by atoms with Gasteiger partial charge in [0.1, 0.15) is 12.4 Å². The van der Waals surface area contributed by atoms with Crippen LogP contribution in [0.1, 0.15) is 139 Å². The summed E-state index contributed by atoms with van der Waals surface area (Å²) >= 11 is 0. The van der Waals surface area contributed by atoms with E-state index in [2.05, 4.69) is 46.9 Å². The maximum Gasteiger partial charge on any atom is 0.251 e. The van der Waals surface area contributed by atoms with Crippen molar-refractivity contribution in [1.82, 2.24) is 5.32 Å². The predicted molar refractivity (Wildman–Crippen MR) is 203 cm³/mol. The third-order valence-electron chi connectivity index (χ3n) is 8.39. The van der Waals surface area contributed by atoms with Crippen molar-refractivity contribution in [2.45, 2.75) is 119 Å². The smallest absolute Gasteiger partial charge is 0.251 e. The number of nitrogens with one attached hydrogen (secondary N) is 1. The minimum absolute atomic E-state index is 0.228. The van der Waals surface area contributed by atoms with Gasteiger partial charge in [0.2, 0.25) is 5.75 Å². The summed E-state index contributed by atoms with van der Waals surface area (Å²) in [6, 6.07) is 10.6. The van der Waals surface area contributed by atoms with Gasteiger partial charge in [0.05, 0.1) is 38.6 Å². The van der Waals surface area contributed by atoms with Gasteiger partial charge in [-0.3, -0.25) is 9.59 Å². The Hall–Kier alpha value is -3.26. The lowest BCUT2D eigenvalue weighted by Gasteiger charge is -2.19. The molecule has 0 fully saturated rings. The number of carbonyl (C=O) groups excluding carboxylic acids is 2. The monoisotopic (exact) mass is 697 g/mol. The molecule has 0 aromatic heterocycles. The Morgan fingerprint density at radius 2 is 1.10 bits per heavy atom. The number of carbonyl (C=O) groups is 2. The van der Waals surface area contributed by atoms with Crippen LogP contribution in [-0.4, -0.2) is 58.4 Å². The first-order valence-electron chi connectivity index (χ1n) is 19.3. The minimum Gasteiger partial charge on any atom is -0.490 e. The molecule has 2 rings (SSSR count). The first-order chi connectivity index (χ1) is 24.2. The highest BCUT2D eigenvalue weighted by Crippen LogP contribution is 2.40. The summed E-state index contributed by atoms with van der Waals surface area (Å²) in [5.74, 6) is 4.10. The summed E-state index contributed by atoms with van der Waals surface area (Å²) in [5.41, 5.74) is 0.967. The molecule has 282 valence electrons. The fourth-order valence-electron chi connectivity index (χ4n) is 5.46. The van der Waals surface area contributed by atoms with Crippen molar-refractivity contribution in [3.8, 4) is 23.0 Å². The Bertz CT molecular complexity index is 1160. The maximum absolute atomic E-state index is 13.4. The Morgan fingerprint density at radius 3 is 1.62 bits per heavy atom. The number of hydrogen-bond donors (Lipinski definition) is 1. The van der Waals surface area contributed by atoms with E-state index in [0.29, 0.717) is 98.1 Å². The van der Waals surface area contributed by atoms with E-state index in [1.165, 1.54) is 38.5 Å². The van der Waals surface area contributed by atoms with Gasteiger partial charge in [-0.1, -0.05) is 111 Å². The number of hydrogen-bond acceptors (Lipinski definition) is 7. The van der Waals surface area contributed by atoms with Crippen molar-refractivity contribution < 1.29 is 33.3 Å². The molecule has 8 nitrogen and oxygen atoms in total. The van der Waals surface area contributed by atoms with Gasteiger partial charge in [-0.25, -0.2) is 0 Å². The van der Waals surface area contributed by atoms with E-state index in [1.807, 2.05) is 6.07 Å². The van der Waals surface area contributed by atoms with E-state index in [1.54, 1.807) is 30.3 Å². The van der Waals surface area contributed by atoms with Gasteiger partial charge in [-0.15, -0.1) is 0 Å². The normalized spacial score (nSPS) is 11.3. The largest absolute Gasteiger partial charge is 0.490 e. The molecule has 2 aromatic rings. The SMILES string of the molecule is CC(C)CCCCCOc1cc(C(=O)NCCOCCOc2ccccc2C=O)cc(OCCCCCC(C)C)c1OCCCCCC(C)C. The van der Waals surface area contributed by atoms with E-state index >= 15 is 0 Å². The van der Waals surface area contributed by atoms with E-state index < -0.39 is 0 Å². The Labute approximate surface area is 303 Å². The van der Waals surface area contributed by atoms with E-state index in [0.717, 1.165) is 44.8 Å². The molecule has 0 saturated carbocycles. The Balaban J connectivity index is 2.06. The molecular weight excluding hydrogens is 630 g/mol. The van der Waals surface area contributed by atoms with Crippen LogP contribution < -0.4 is 24.3 Å². The Kier molecular flexibility index (Phi) is 22.8. The van der Waals surface area contributed by atoms with Crippen molar-refractivity contribution >= 4 is 12.2 Å². The quantitative estimate of drug-likeness (QED) is 0.0642. The lowest BCUT2D eigenvalue weighted by Crippen LogP contribution is -2.28. The second-order valence-corrected chi connectivity index (χ2v) is 14.4. The molecule has 1 N–H and O–H groups in total. The fraction of sp³-hybridized carbons (Fsp3) is 0.667. The second-order valence-electron chi connectivity index (χ2n) is 14.4. The van der Waals surface area contributed by atoms with E-state index in [-0.39, 0.29) is 5.91 Å². The van der Waals surface area contributed by atoms with Crippen LogP contribution in [0.5, 0.6) is 23.0 Å². The van der Waals surface area contributed by atoms with Crippen LogP contribution in [0, 0.1) is 17.8 Å². The van der Waals surface area contributed by atoms with Gasteiger partial charge in [0.15, 0.2) is 17.8 Å². The van der Waals surface area contributed by atoms with Crippen molar-refractivity contribution in [2.75, 3.05) is 46.2 Å². The van der Waals surface area contributed by atoms with Gasteiger partial charge >= 0.3 is 0 Å². The maximum atomic E-state index is 13.4. The van der Waals surface area contributed by atoms with Crippen LogP contribution in [0.25, 0.3) is 0 Å². The number of amides is 1. The standard InChI is InChI=1S/C42H67NO7/c1-33(2)18-10-7-15-24-47-39-30-37(42(45)43-23-27-46-28-29-49-38-22-14-13-21-36(38)32-44)31-40(48-25-16-8-11-19-34(3)4)41(39)50-26-17-9-12-20-35(5)6/h13-14,21-22,30-35H,7-12,15-20,23-29H2,1-6H3,(H,43,45). The zero-order chi connectivity index (χ0) is 36.4. The second kappa shape index (κ2) is 26.5. The van der Waals surface area contributed by atoms with E-state index in [9.17, 15) is 9.59 Å². The molecule has 0 aliphatic heterocycles. The first-order valence-corrected chi connectivity index (χ1v) is 19.3. The molecule has 50 heavy (non-hydrogen) atoms. The van der Waals surface area contributed by atoms with Crippen molar-refractivity contribution in [3.05, 3.63) is 47.5 Å². The van der Waals surface area contributed by atoms with Gasteiger partial charge in [0.25, 0.3) is 5.91 Å². The molecule has 8 heteroatoms. The molecular formula is C42H67NO7. The molecule has 1 amide bonds. The van der Waals surface area contributed by atoms with Crippen molar-refractivity contribution in [2.24, 2.45) is 17.8 Å². The molecule has 0 spiro atoms. The molecule has 0 unspecified atom stereocenters. The van der Waals surface area contributed by atoms with Gasteiger partial charge in [0, 0.05) is 12.1 Å². The third-order valence-corrected chi connectivity index (χ3v) is 8.39. The van der Waals surface area contributed by atoms with Crippen molar-refractivity contribution in [3.63, 3.8) is 0 Å². The molecule has 0 atom stereocenters. The highest BCUT2D eigenvalue weighted by atomic mass is 16.5. The van der Waals surface area contributed by atoms with Gasteiger partial charge in [-0.05, 0) is 61.3 Å². The zero-order valence-corrected chi connectivity index (χ0v) is 32.1. The summed E-state index contributed by atoms with van der Waals surface area (Å²) in [5, 5.41) is 2.96. The average molecular weight is 698 g/mol. The van der Waals surface area contributed by atoms with Crippen LogP contribution in [0.4, 0.5) is 0 Å². The third kappa shape index (κ3) is 19.2. The van der Waals surface area contributed by atoms with Gasteiger partial charge in [-0.2, -0.15) is 0 Å². The lowest BCUT2D eigenvalue weighted by molar-refractivity contribution is 0.0864. The van der Waals surface area contributed by atoms with Crippen LogP contribution >= 0.6 is 0 Å². The summed E-state index contributed by atoms with van der Waals surface area (Å²) in [4.78, 5) is 24.6. The predicted octanol–water partition coefficient (Wildman–Crippen LogP) is 10.1. The minimum atomic E-state index is -0.228. The summed E-state index contributed by atoms with van der Waals surface area (Å²) in [6.07, 6.45) is 14.1. The fourth-order valence-corrected chi connectivity index (χ4v) is 5.46. The van der Waals surface area contributed by atoms with Crippen LogP contribution in [0.2, 0.25) is 0 Å². The Morgan fingerprint density at radius 1 is 0.600 bits per heavy atom. The van der Waals surface area contributed by atoms with Crippen molar-refractivity contribution in [1.29, 1.82) is 0 Å². The van der Waals surface area contributed by atoms with Crippen LogP contribution in [0.3, 0.4) is 0 Å². The summed E-state index contributed by atoms with van der Waals surface area (Å²) < 4.78 is 30.4. The summed E-state index contributed by atoms with van der Waals surface area (Å²) in [6.45, 7) is 16.5. The molecule has 0 bridgehead atoms. The number of unbranched alkanes of at least 4 members (excludes halogenated alkanes) is 6. The summed E-state index contributed by atoms with van der Waals surface area (Å²) in [7, 11) is 0. The zero-order valence-electron chi connectivity index (χ0n) is 32.1. The number of benzene rings is 2. The lowest BCUT2D eigenvalue weighted by atomic mass is 10.1. The molecule has 0 radical (unpaired) electrons. The molecule has 0 heterocycles. The van der Waals surface area contributed by atoms with Gasteiger partial charge < -0.3 is 29.0 Å². The first kappa shape index (κ1) is 42.9. The highest BCUT2D eigenvalue weighted by Gasteiger charge is 2.19. The number of aldehydes is 1. The van der Waals surface area contributed by atoms with Crippen LogP contribution in [0.15, 0.2) is 36.4 Å².